The van der Waals surface area contributed by atoms with Crippen molar-refractivity contribution in [2.45, 2.75) is 46.8 Å². The molecule has 0 radical (unpaired) electrons. The normalized spacial score (nSPS) is 10.2. The summed E-state index contributed by atoms with van der Waals surface area (Å²) in [4.78, 5) is 23.5. The van der Waals surface area contributed by atoms with Crippen molar-refractivity contribution in [3.63, 3.8) is 0 Å². The van der Waals surface area contributed by atoms with Gasteiger partial charge in [0, 0.05) is 19.2 Å². The molecule has 0 aliphatic rings. The summed E-state index contributed by atoms with van der Waals surface area (Å²) in [6.45, 7) is 10.3. The summed E-state index contributed by atoms with van der Waals surface area (Å²) in [5.74, 6) is 0.566. The molecule has 0 aliphatic heterocycles. The monoisotopic (exact) mass is 460 g/mol. The fraction of sp³-hybridized carbons (Fsp3) is 0.440. The molecule has 0 aliphatic carbocycles. The van der Waals surface area contributed by atoms with E-state index in [1.165, 1.54) is 7.11 Å². The minimum absolute atomic E-state index is 0.201. The minimum atomic E-state index is -0.537. The van der Waals surface area contributed by atoms with Crippen molar-refractivity contribution in [1.29, 1.82) is 0 Å². The van der Waals surface area contributed by atoms with Crippen molar-refractivity contribution >= 4 is 17.7 Å². The van der Waals surface area contributed by atoms with Crippen LogP contribution in [0.15, 0.2) is 48.5 Å². The fourth-order valence-corrected chi connectivity index (χ4v) is 2.51. The van der Waals surface area contributed by atoms with E-state index >= 15 is 0 Å². The van der Waals surface area contributed by atoms with E-state index in [-0.39, 0.29) is 13.2 Å². The van der Waals surface area contributed by atoms with Crippen LogP contribution < -0.4 is 20.1 Å². The number of amides is 1. The smallest absolute Gasteiger partial charge is 0.407 e. The molecule has 2 aromatic carbocycles. The minimum Gasteiger partial charge on any atom is -0.494 e. The Bertz CT molecular complexity index is 850. The SMILES string of the molecule is CC.COc1cc(OCC(=O)OCc2ccccc2)ccc1NCCNC(=O)OC(C)(C)C. The number of esters is 1. The Kier molecular flexibility index (Phi) is 12.2. The number of nitrogens with one attached hydrogen (secondary N) is 2. The number of rotatable bonds is 10. The highest BCUT2D eigenvalue weighted by atomic mass is 16.6. The zero-order valence-corrected chi connectivity index (χ0v) is 20.4. The molecule has 33 heavy (non-hydrogen) atoms. The highest BCUT2D eigenvalue weighted by Crippen LogP contribution is 2.29. The largest absolute Gasteiger partial charge is 0.494 e. The van der Waals surface area contributed by atoms with Crippen molar-refractivity contribution in [1.82, 2.24) is 5.32 Å². The van der Waals surface area contributed by atoms with Gasteiger partial charge in [-0.25, -0.2) is 9.59 Å². The molecule has 182 valence electrons. The summed E-state index contributed by atoms with van der Waals surface area (Å²) >= 11 is 0. The highest BCUT2D eigenvalue weighted by Gasteiger charge is 2.15. The molecule has 0 fully saturated rings. The van der Waals surface area contributed by atoms with Gasteiger partial charge in [-0.05, 0) is 38.5 Å². The summed E-state index contributed by atoms with van der Waals surface area (Å²) < 4.78 is 21.2. The van der Waals surface area contributed by atoms with Gasteiger partial charge in [-0.3, -0.25) is 0 Å². The van der Waals surface area contributed by atoms with Gasteiger partial charge >= 0.3 is 12.1 Å². The fourth-order valence-electron chi connectivity index (χ4n) is 2.51. The number of alkyl carbamates (subject to hydrolysis) is 1. The van der Waals surface area contributed by atoms with E-state index in [1.807, 2.05) is 65.0 Å². The summed E-state index contributed by atoms with van der Waals surface area (Å²) in [6, 6.07) is 14.6. The van der Waals surface area contributed by atoms with E-state index in [0.717, 1.165) is 11.3 Å². The van der Waals surface area contributed by atoms with Gasteiger partial charge in [-0.15, -0.1) is 0 Å². The van der Waals surface area contributed by atoms with E-state index in [2.05, 4.69) is 10.6 Å². The summed E-state index contributed by atoms with van der Waals surface area (Å²) in [6.07, 6.45) is -0.468. The molecule has 0 aromatic heterocycles. The first-order valence-electron chi connectivity index (χ1n) is 11.0. The van der Waals surface area contributed by atoms with Crippen LogP contribution in [0.1, 0.15) is 40.2 Å². The average molecular weight is 461 g/mol. The van der Waals surface area contributed by atoms with Crippen LogP contribution in [-0.4, -0.2) is 44.5 Å². The Balaban J connectivity index is 0.00000265. The van der Waals surface area contributed by atoms with Crippen LogP contribution in [0, 0.1) is 0 Å². The molecule has 0 saturated heterocycles. The number of anilines is 1. The molecule has 1 amide bonds. The number of carbonyl (C=O) groups is 2. The topological polar surface area (TPSA) is 95.1 Å². The molecular weight excluding hydrogens is 424 g/mol. The summed E-state index contributed by atoms with van der Waals surface area (Å²) in [5.41, 5.74) is 1.10. The lowest BCUT2D eigenvalue weighted by atomic mass is 10.2. The first kappa shape index (κ1) is 27.6. The Hall–Kier alpha value is -3.42. The molecule has 0 atom stereocenters. The Morgan fingerprint density at radius 1 is 0.970 bits per heavy atom. The summed E-state index contributed by atoms with van der Waals surface area (Å²) in [5, 5.41) is 5.84. The third-order valence-corrected chi connectivity index (χ3v) is 3.88. The van der Waals surface area contributed by atoms with E-state index in [0.29, 0.717) is 24.6 Å². The number of methoxy groups -OCH3 is 1. The van der Waals surface area contributed by atoms with Gasteiger partial charge in [0.05, 0.1) is 12.8 Å². The molecule has 0 heterocycles. The molecule has 2 aromatic rings. The molecule has 2 N–H and O–H groups in total. The number of benzene rings is 2. The lowest BCUT2D eigenvalue weighted by Gasteiger charge is -2.20. The van der Waals surface area contributed by atoms with E-state index in [9.17, 15) is 9.59 Å². The first-order valence-corrected chi connectivity index (χ1v) is 11.0. The van der Waals surface area contributed by atoms with Crippen molar-refractivity contribution in [3.05, 3.63) is 54.1 Å². The van der Waals surface area contributed by atoms with Gasteiger partial charge in [0.25, 0.3) is 0 Å². The van der Waals surface area contributed by atoms with E-state index in [4.69, 9.17) is 18.9 Å². The predicted molar refractivity (Wildman–Crippen MR) is 129 cm³/mol. The van der Waals surface area contributed by atoms with Crippen molar-refractivity contribution < 1.29 is 28.5 Å². The molecule has 0 unspecified atom stereocenters. The van der Waals surface area contributed by atoms with Gasteiger partial charge in [-0.1, -0.05) is 44.2 Å². The quantitative estimate of drug-likeness (QED) is 0.389. The van der Waals surface area contributed by atoms with Crippen LogP contribution >= 0.6 is 0 Å². The molecular formula is C25H36N2O6. The van der Waals surface area contributed by atoms with Crippen molar-refractivity contribution in [3.8, 4) is 11.5 Å². The maximum atomic E-state index is 11.9. The first-order chi connectivity index (χ1) is 15.8. The van der Waals surface area contributed by atoms with Crippen molar-refractivity contribution in [2.75, 3.05) is 32.1 Å². The highest BCUT2D eigenvalue weighted by molar-refractivity contribution is 5.71. The lowest BCUT2D eigenvalue weighted by Crippen LogP contribution is -2.35. The van der Waals surface area contributed by atoms with Crippen LogP contribution in [0.5, 0.6) is 11.5 Å². The molecule has 8 nitrogen and oxygen atoms in total. The standard InChI is InChI=1S/C23H30N2O6.C2H6/c1-23(2,3)31-22(27)25-13-12-24-19-11-10-18(14-20(19)28-4)29-16-21(26)30-15-17-8-6-5-7-9-17;1-2/h5-11,14,24H,12-13,15-16H2,1-4H3,(H,25,27);1-2H3. The van der Waals surface area contributed by atoms with Crippen molar-refractivity contribution in [2.24, 2.45) is 0 Å². The average Bonchev–Trinajstić information content (AvgIpc) is 2.80. The van der Waals surface area contributed by atoms with Gasteiger partial charge in [0.15, 0.2) is 6.61 Å². The van der Waals surface area contributed by atoms with Gasteiger partial charge < -0.3 is 29.6 Å². The molecule has 0 bridgehead atoms. The maximum absolute atomic E-state index is 11.9. The number of ether oxygens (including phenoxy) is 4. The summed E-state index contributed by atoms with van der Waals surface area (Å²) in [7, 11) is 1.54. The van der Waals surface area contributed by atoms with Crippen LogP contribution in [0.4, 0.5) is 10.5 Å². The Labute approximate surface area is 196 Å². The molecule has 0 saturated carbocycles. The van der Waals surface area contributed by atoms with Crippen LogP contribution in [0.3, 0.4) is 0 Å². The van der Waals surface area contributed by atoms with Crippen LogP contribution in [0.2, 0.25) is 0 Å². The second-order valence-electron chi connectivity index (χ2n) is 7.65. The molecule has 0 spiro atoms. The van der Waals surface area contributed by atoms with E-state index in [1.54, 1.807) is 18.2 Å². The third-order valence-electron chi connectivity index (χ3n) is 3.88. The Morgan fingerprint density at radius 3 is 2.30 bits per heavy atom. The second-order valence-corrected chi connectivity index (χ2v) is 7.65. The maximum Gasteiger partial charge on any atom is 0.407 e. The number of hydrogen-bond donors (Lipinski definition) is 2. The van der Waals surface area contributed by atoms with Crippen LogP contribution in [-0.2, 0) is 20.9 Å². The van der Waals surface area contributed by atoms with Gasteiger partial charge in [0.2, 0.25) is 0 Å². The number of hydrogen-bond acceptors (Lipinski definition) is 7. The molecule has 2 rings (SSSR count). The third kappa shape index (κ3) is 11.7. The molecule has 8 heteroatoms. The van der Waals surface area contributed by atoms with Gasteiger partial charge in [-0.2, -0.15) is 0 Å². The predicted octanol–water partition coefficient (Wildman–Crippen LogP) is 4.78. The lowest BCUT2D eigenvalue weighted by molar-refractivity contribution is -0.147. The van der Waals surface area contributed by atoms with Gasteiger partial charge in [0.1, 0.15) is 23.7 Å². The van der Waals surface area contributed by atoms with E-state index < -0.39 is 17.7 Å². The Morgan fingerprint density at radius 2 is 1.67 bits per heavy atom. The van der Waals surface area contributed by atoms with Crippen LogP contribution in [0.25, 0.3) is 0 Å². The zero-order chi connectivity index (χ0) is 24.7. The zero-order valence-electron chi connectivity index (χ0n) is 20.4. The second kappa shape index (κ2) is 14.6. The number of carbonyl (C=O) groups excluding carboxylic acids is 2.